The van der Waals surface area contributed by atoms with Crippen LogP contribution in [0, 0.1) is 5.92 Å². The lowest BCUT2D eigenvalue weighted by Crippen LogP contribution is -2.49. The fourth-order valence-electron chi connectivity index (χ4n) is 3.24. The topological polar surface area (TPSA) is 108 Å². The van der Waals surface area contributed by atoms with E-state index in [2.05, 4.69) is 16.0 Å². The maximum atomic E-state index is 12.5. The first-order valence-electron chi connectivity index (χ1n) is 8.96. The maximum absolute atomic E-state index is 12.5. The molecule has 0 aromatic carbocycles. The molecule has 1 heterocycles. The summed E-state index contributed by atoms with van der Waals surface area (Å²) in [7, 11) is 0. The Morgan fingerprint density at radius 2 is 1.92 bits per heavy atom. The number of carbonyl (C=O) groups is 4. The molecule has 25 heavy (non-hydrogen) atoms. The third kappa shape index (κ3) is 4.93. The van der Waals surface area contributed by atoms with E-state index in [0.717, 1.165) is 37.0 Å². The van der Waals surface area contributed by atoms with Gasteiger partial charge >= 0.3 is 12.1 Å². The molecule has 1 saturated carbocycles. The monoisotopic (exact) mass is 352 g/mol. The fraction of sp³-hybridized carbons (Fsp3) is 0.765. The second-order valence-corrected chi connectivity index (χ2v) is 7.59. The van der Waals surface area contributed by atoms with Crippen LogP contribution in [0.1, 0.15) is 59.3 Å². The van der Waals surface area contributed by atoms with Crippen molar-refractivity contribution in [1.29, 1.82) is 0 Å². The minimum absolute atomic E-state index is 0.0869. The van der Waals surface area contributed by atoms with E-state index in [9.17, 15) is 19.2 Å². The maximum Gasteiger partial charge on any atom is 0.325 e. The zero-order valence-electron chi connectivity index (χ0n) is 15.2. The molecule has 3 N–H and O–H groups in total. The van der Waals surface area contributed by atoms with Crippen molar-refractivity contribution in [2.45, 2.75) is 70.9 Å². The van der Waals surface area contributed by atoms with E-state index in [1.807, 2.05) is 13.8 Å². The number of imide groups is 2. The van der Waals surface area contributed by atoms with E-state index in [4.69, 9.17) is 0 Å². The minimum atomic E-state index is -0.992. The van der Waals surface area contributed by atoms with Gasteiger partial charge in [0.15, 0.2) is 0 Å². The Hall–Kier alpha value is -2.12. The van der Waals surface area contributed by atoms with Gasteiger partial charge in [-0.15, -0.1) is 0 Å². The number of hydrogen-bond acceptors (Lipinski definition) is 4. The molecule has 0 aromatic rings. The highest BCUT2D eigenvalue weighted by molar-refractivity contribution is 6.09. The van der Waals surface area contributed by atoms with Crippen LogP contribution in [0.4, 0.5) is 9.59 Å². The van der Waals surface area contributed by atoms with Crippen molar-refractivity contribution in [2.24, 2.45) is 5.92 Å². The lowest BCUT2D eigenvalue weighted by molar-refractivity contribution is -0.134. The third-order valence-electron chi connectivity index (χ3n) is 4.81. The molecule has 8 nitrogen and oxygen atoms in total. The lowest BCUT2D eigenvalue weighted by atomic mass is 9.92. The molecule has 8 heteroatoms. The van der Waals surface area contributed by atoms with Gasteiger partial charge in [-0.1, -0.05) is 26.7 Å². The molecular weight excluding hydrogens is 324 g/mol. The molecule has 1 aliphatic heterocycles. The highest BCUT2D eigenvalue weighted by Gasteiger charge is 2.47. The summed E-state index contributed by atoms with van der Waals surface area (Å²) in [6, 6.07) is -1.09. The van der Waals surface area contributed by atoms with Gasteiger partial charge in [0.2, 0.25) is 5.91 Å². The van der Waals surface area contributed by atoms with E-state index in [1.54, 1.807) is 6.92 Å². The molecule has 0 aromatic heterocycles. The minimum Gasteiger partial charge on any atom is -0.335 e. The van der Waals surface area contributed by atoms with Crippen LogP contribution >= 0.6 is 0 Å². The molecule has 2 rings (SSSR count). The average Bonchev–Trinajstić information content (AvgIpc) is 3.08. The van der Waals surface area contributed by atoms with Crippen molar-refractivity contribution in [2.75, 3.05) is 6.54 Å². The summed E-state index contributed by atoms with van der Waals surface area (Å²) in [5.41, 5.74) is -0.992. The number of amides is 6. The van der Waals surface area contributed by atoms with Crippen LogP contribution in [0.2, 0.25) is 0 Å². The predicted octanol–water partition coefficient (Wildman–Crippen LogP) is 1.50. The Kier molecular flexibility index (Phi) is 6.02. The molecule has 1 atom stereocenters. The Bertz CT molecular complexity index is 557. The van der Waals surface area contributed by atoms with Gasteiger partial charge < -0.3 is 10.6 Å². The number of urea groups is 2. The molecule has 6 amide bonds. The first kappa shape index (κ1) is 19.2. The number of nitrogens with zero attached hydrogens (tertiary/aromatic N) is 1. The van der Waals surface area contributed by atoms with Gasteiger partial charge in [0, 0.05) is 6.04 Å². The Morgan fingerprint density at radius 1 is 1.28 bits per heavy atom. The van der Waals surface area contributed by atoms with Crippen LogP contribution in [0.5, 0.6) is 0 Å². The number of nitrogens with one attached hydrogen (secondary N) is 3. The van der Waals surface area contributed by atoms with Crippen molar-refractivity contribution in [3.63, 3.8) is 0 Å². The van der Waals surface area contributed by atoms with Gasteiger partial charge in [-0.25, -0.2) is 9.59 Å². The first-order valence-corrected chi connectivity index (χ1v) is 8.96. The van der Waals surface area contributed by atoms with Crippen LogP contribution in [0.25, 0.3) is 0 Å². The summed E-state index contributed by atoms with van der Waals surface area (Å²) >= 11 is 0. The summed E-state index contributed by atoms with van der Waals surface area (Å²) in [6.07, 6.45) is 5.24. The van der Waals surface area contributed by atoms with Crippen molar-refractivity contribution >= 4 is 23.9 Å². The van der Waals surface area contributed by atoms with E-state index in [1.165, 1.54) is 0 Å². The van der Waals surface area contributed by atoms with Gasteiger partial charge in [-0.2, -0.15) is 0 Å². The van der Waals surface area contributed by atoms with E-state index in [0.29, 0.717) is 12.3 Å². The molecule has 2 aliphatic rings. The van der Waals surface area contributed by atoms with Crippen LogP contribution in [0.3, 0.4) is 0 Å². The zero-order valence-corrected chi connectivity index (χ0v) is 15.2. The predicted molar refractivity (Wildman–Crippen MR) is 91.7 cm³/mol. The Morgan fingerprint density at radius 3 is 2.52 bits per heavy atom. The molecule has 0 bridgehead atoms. The summed E-state index contributed by atoms with van der Waals surface area (Å²) in [5.74, 6) is -0.699. The molecule has 2 fully saturated rings. The quantitative estimate of drug-likeness (QED) is 0.630. The van der Waals surface area contributed by atoms with Crippen LogP contribution < -0.4 is 16.0 Å². The van der Waals surface area contributed by atoms with E-state index < -0.39 is 36.0 Å². The standard InChI is InChI=1S/C17H28N4O4/c1-11(2)8-9-17(3)14(23)21(16(25)20-17)10-13(22)19-15(24)18-12-6-4-5-7-12/h11-12H,4-10H2,1-3H3,(H,20,25)(H2,18,19,22,24)/t17-/m0/s1. The summed E-state index contributed by atoms with van der Waals surface area (Å²) in [5, 5.41) is 7.58. The molecule has 140 valence electrons. The molecule has 1 saturated heterocycles. The Labute approximate surface area is 148 Å². The van der Waals surface area contributed by atoms with Crippen LogP contribution in [-0.2, 0) is 9.59 Å². The van der Waals surface area contributed by atoms with Crippen molar-refractivity contribution in [3.05, 3.63) is 0 Å². The van der Waals surface area contributed by atoms with E-state index >= 15 is 0 Å². The Balaban J connectivity index is 1.86. The fourth-order valence-corrected chi connectivity index (χ4v) is 3.24. The number of carbonyl (C=O) groups excluding carboxylic acids is 4. The second-order valence-electron chi connectivity index (χ2n) is 7.59. The van der Waals surface area contributed by atoms with Gasteiger partial charge in [-0.05, 0) is 38.5 Å². The molecule has 0 radical (unpaired) electrons. The van der Waals surface area contributed by atoms with Crippen LogP contribution in [0.15, 0.2) is 0 Å². The van der Waals surface area contributed by atoms with Gasteiger partial charge in [0.25, 0.3) is 5.91 Å². The van der Waals surface area contributed by atoms with Crippen molar-refractivity contribution < 1.29 is 19.2 Å². The number of hydrogen-bond donors (Lipinski definition) is 3. The summed E-state index contributed by atoms with van der Waals surface area (Å²) in [6.45, 7) is 5.29. The largest absolute Gasteiger partial charge is 0.335 e. The van der Waals surface area contributed by atoms with Crippen LogP contribution in [-0.4, -0.2) is 46.9 Å². The summed E-state index contributed by atoms with van der Waals surface area (Å²) < 4.78 is 0. The van der Waals surface area contributed by atoms with Crippen molar-refractivity contribution in [1.82, 2.24) is 20.9 Å². The number of rotatable bonds is 6. The van der Waals surface area contributed by atoms with E-state index in [-0.39, 0.29) is 6.04 Å². The average molecular weight is 352 g/mol. The third-order valence-corrected chi connectivity index (χ3v) is 4.81. The molecule has 1 aliphatic carbocycles. The first-order chi connectivity index (χ1) is 11.7. The van der Waals surface area contributed by atoms with Gasteiger partial charge in [0.05, 0.1) is 0 Å². The molecule has 0 spiro atoms. The van der Waals surface area contributed by atoms with Crippen molar-refractivity contribution in [3.8, 4) is 0 Å². The lowest BCUT2D eigenvalue weighted by Gasteiger charge is -2.22. The van der Waals surface area contributed by atoms with Gasteiger partial charge in [-0.3, -0.25) is 19.8 Å². The molecular formula is C17H28N4O4. The van der Waals surface area contributed by atoms with Gasteiger partial charge in [0.1, 0.15) is 12.1 Å². The normalized spacial score (nSPS) is 23.9. The molecule has 0 unspecified atom stereocenters. The summed E-state index contributed by atoms with van der Waals surface area (Å²) in [4.78, 5) is 49.3. The highest BCUT2D eigenvalue weighted by Crippen LogP contribution is 2.24. The second kappa shape index (κ2) is 7.84. The highest BCUT2D eigenvalue weighted by atomic mass is 16.2. The SMILES string of the molecule is CC(C)CC[C@]1(C)NC(=O)N(CC(=O)NC(=O)NC2CCCC2)C1=O. The zero-order chi connectivity index (χ0) is 18.6. The smallest absolute Gasteiger partial charge is 0.325 e.